The molecule has 2 aromatic rings. The average molecular weight is 327 g/mol. The maximum atomic E-state index is 12.0. The van der Waals surface area contributed by atoms with E-state index in [1.54, 1.807) is 36.5 Å². The largest absolute Gasteiger partial charge is 0.465 e. The molecule has 7 nitrogen and oxygen atoms in total. The first-order chi connectivity index (χ1) is 11.6. The number of aromatic nitrogens is 1. The molecule has 0 atom stereocenters. The SMILES string of the molecule is COC(=O)c1ccccc1NC(=O)CC(=O)NCc1ccccn1. The third kappa shape index (κ3) is 4.91. The first-order valence-electron chi connectivity index (χ1n) is 7.24. The van der Waals surface area contributed by atoms with Gasteiger partial charge in [-0.05, 0) is 24.3 Å². The van der Waals surface area contributed by atoms with Crippen LogP contribution < -0.4 is 10.6 Å². The lowest BCUT2D eigenvalue weighted by molar-refractivity contribution is -0.126. The van der Waals surface area contributed by atoms with E-state index in [1.165, 1.54) is 13.2 Å². The van der Waals surface area contributed by atoms with E-state index >= 15 is 0 Å². The van der Waals surface area contributed by atoms with Crippen LogP contribution in [0.25, 0.3) is 0 Å². The van der Waals surface area contributed by atoms with E-state index in [4.69, 9.17) is 0 Å². The predicted molar refractivity (Wildman–Crippen MR) is 87.1 cm³/mol. The van der Waals surface area contributed by atoms with E-state index in [-0.39, 0.29) is 18.5 Å². The highest BCUT2D eigenvalue weighted by atomic mass is 16.5. The number of hydrogen-bond donors (Lipinski definition) is 2. The second-order valence-corrected chi connectivity index (χ2v) is 4.86. The minimum absolute atomic E-state index is 0.224. The first-order valence-corrected chi connectivity index (χ1v) is 7.24. The molecule has 2 amide bonds. The Morgan fingerprint density at radius 3 is 2.50 bits per heavy atom. The Morgan fingerprint density at radius 2 is 1.79 bits per heavy atom. The number of para-hydroxylation sites is 1. The number of rotatable bonds is 6. The zero-order valence-corrected chi connectivity index (χ0v) is 13.1. The Hall–Kier alpha value is -3.22. The molecule has 124 valence electrons. The molecule has 0 fully saturated rings. The van der Waals surface area contributed by atoms with Crippen molar-refractivity contribution in [2.75, 3.05) is 12.4 Å². The second-order valence-electron chi connectivity index (χ2n) is 4.86. The molecule has 0 aliphatic heterocycles. The van der Waals surface area contributed by atoms with Crippen LogP contribution in [0, 0.1) is 0 Å². The van der Waals surface area contributed by atoms with E-state index in [1.807, 2.05) is 6.07 Å². The summed E-state index contributed by atoms with van der Waals surface area (Å²) in [6, 6.07) is 11.8. The van der Waals surface area contributed by atoms with Crippen LogP contribution in [0.5, 0.6) is 0 Å². The summed E-state index contributed by atoms with van der Waals surface area (Å²) in [4.78, 5) is 39.5. The summed E-state index contributed by atoms with van der Waals surface area (Å²) in [7, 11) is 1.26. The number of carbonyl (C=O) groups is 3. The molecule has 24 heavy (non-hydrogen) atoms. The monoisotopic (exact) mass is 327 g/mol. The molecule has 0 bridgehead atoms. The highest BCUT2D eigenvalue weighted by Gasteiger charge is 2.15. The van der Waals surface area contributed by atoms with Gasteiger partial charge in [0, 0.05) is 6.20 Å². The van der Waals surface area contributed by atoms with E-state index in [2.05, 4.69) is 20.4 Å². The van der Waals surface area contributed by atoms with Gasteiger partial charge >= 0.3 is 5.97 Å². The Labute approximate surface area is 139 Å². The number of carbonyl (C=O) groups excluding carboxylic acids is 3. The summed E-state index contributed by atoms with van der Waals surface area (Å²) >= 11 is 0. The number of nitrogens with zero attached hydrogens (tertiary/aromatic N) is 1. The minimum atomic E-state index is -0.564. The summed E-state index contributed by atoms with van der Waals surface area (Å²) in [5, 5.41) is 5.15. The number of nitrogens with one attached hydrogen (secondary N) is 2. The lowest BCUT2D eigenvalue weighted by Gasteiger charge is -2.09. The number of ether oxygens (including phenoxy) is 1. The van der Waals surface area contributed by atoms with Crippen LogP contribution in [0.4, 0.5) is 5.69 Å². The van der Waals surface area contributed by atoms with Crippen molar-refractivity contribution in [1.82, 2.24) is 10.3 Å². The Kier molecular flexibility index (Phi) is 6.01. The number of anilines is 1. The molecule has 1 aromatic carbocycles. The van der Waals surface area contributed by atoms with Crippen LogP contribution in [0.2, 0.25) is 0 Å². The van der Waals surface area contributed by atoms with E-state index in [0.29, 0.717) is 11.4 Å². The molecular weight excluding hydrogens is 310 g/mol. The fraction of sp³-hybridized carbons (Fsp3) is 0.176. The van der Waals surface area contributed by atoms with Crippen molar-refractivity contribution in [2.45, 2.75) is 13.0 Å². The number of pyridine rings is 1. The quantitative estimate of drug-likeness (QED) is 0.619. The number of esters is 1. The van der Waals surface area contributed by atoms with Crippen molar-refractivity contribution in [1.29, 1.82) is 0 Å². The smallest absolute Gasteiger partial charge is 0.339 e. The molecule has 2 N–H and O–H groups in total. The van der Waals surface area contributed by atoms with Crippen LogP contribution in [0.15, 0.2) is 48.7 Å². The van der Waals surface area contributed by atoms with E-state index < -0.39 is 17.8 Å². The maximum absolute atomic E-state index is 12.0. The number of amides is 2. The number of benzene rings is 1. The molecule has 0 radical (unpaired) electrons. The molecule has 2 rings (SSSR count). The maximum Gasteiger partial charge on any atom is 0.339 e. The molecule has 0 saturated heterocycles. The van der Waals surface area contributed by atoms with Crippen LogP contribution in [0.1, 0.15) is 22.5 Å². The van der Waals surface area contributed by atoms with Gasteiger partial charge in [0.2, 0.25) is 11.8 Å². The highest BCUT2D eigenvalue weighted by Crippen LogP contribution is 2.16. The molecule has 0 saturated carbocycles. The van der Waals surface area contributed by atoms with Crippen LogP contribution in [-0.4, -0.2) is 29.9 Å². The molecule has 7 heteroatoms. The Bertz CT molecular complexity index is 732. The van der Waals surface area contributed by atoms with Gasteiger partial charge in [0.25, 0.3) is 0 Å². The zero-order chi connectivity index (χ0) is 17.4. The summed E-state index contributed by atoms with van der Waals surface area (Å²) in [5.74, 6) is -1.52. The zero-order valence-electron chi connectivity index (χ0n) is 13.1. The van der Waals surface area contributed by atoms with Gasteiger partial charge < -0.3 is 15.4 Å². The number of hydrogen-bond acceptors (Lipinski definition) is 5. The lowest BCUT2D eigenvalue weighted by atomic mass is 10.1. The Morgan fingerprint density at radius 1 is 1.04 bits per heavy atom. The van der Waals surface area contributed by atoms with Gasteiger partial charge in [-0.2, -0.15) is 0 Å². The molecule has 0 aliphatic carbocycles. The standard InChI is InChI=1S/C17H17N3O4/c1-24-17(23)13-7-2-3-8-14(13)20-16(22)10-15(21)19-11-12-6-4-5-9-18-12/h2-9H,10-11H2,1H3,(H,19,21)(H,20,22). The van der Waals surface area contributed by atoms with Gasteiger partial charge in [-0.25, -0.2) is 4.79 Å². The predicted octanol–water partition coefficient (Wildman–Crippen LogP) is 1.51. The minimum Gasteiger partial charge on any atom is -0.465 e. The van der Waals surface area contributed by atoms with E-state index in [0.717, 1.165) is 0 Å². The van der Waals surface area contributed by atoms with Gasteiger partial charge in [0.15, 0.2) is 0 Å². The number of methoxy groups -OCH3 is 1. The Balaban J connectivity index is 1.89. The van der Waals surface area contributed by atoms with E-state index in [9.17, 15) is 14.4 Å². The van der Waals surface area contributed by atoms with Crippen molar-refractivity contribution in [3.05, 3.63) is 59.9 Å². The van der Waals surface area contributed by atoms with Gasteiger partial charge in [-0.15, -0.1) is 0 Å². The van der Waals surface area contributed by atoms with Crippen molar-refractivity contribution >= 4 is 23.5 Å². The highest BCUT2D eigenvalue weighted by molar-refractivity contribution is 6.06. The summed E-state index contributed by atoms with van der Waals surface area (Å²) in [6.45, 7) is 0.242. The molecule has 0 aliphatic rings. The van der Waals surface area contributed by atoms with Crippen molar-refractivity contribution in [3.8, 4) is 0 Å². The summed E-state index contributed by atoms with van der Waals surface area (Å²) in [6.07, 6.45) is 1.26. The van der Waals surface area contributed by atoms with Gasteiger partial charge in [0.1, 0.15) is 6.42 Å². The van der Waals surface area contributed by atoms with Gasteiger partial charge in [-0.1, -0.05) is 18.2 Å². The van der Waals surface area contributed by atoms with Crippen LogP contribution >= 0.6 is 0 Å². The van der Waals surface area contributed by atoms with Crippen molar-refractivity contribution < 1.29 is 19.1 Å². The molecule has 0 spiro atoms. The van der Waals surface area contributed by atoms with Gasteiger partial charge in [-0.3, -0.25) is 14.6 Å². The summed E-state index contributed by atoms with van der Waals surface area (Å²) in [5.41, 5.74) is 1.22. The molecule has 1 heterocycles. The third-order valence-electron chi connectivity index (χ3n) is 3.12. The first kappa shape index (κ1) is 17.1. The van der Waals surface area contributed by atoms with Crippen LogP contribution in [0.3, 0.4) is 0 Å². The second kappa shape index (κ2) is 8.42. The van der Waals surface area contributed by atoms with Gasteiger partial charge in [0.05, 0.1) is 30.6 Å². The fourth-order valence-corrected chi connectivity index (χ4v) is 1.97. The topological polar surface area (TPSA) is 97.4 Å². The summed E-state index contributed by atoms with van der Waals surface area (Å²) < 4.78 is 4.65. The van der Waals surface area contributed by atoms with Crippen molar-refractivity contribution in [2.24, 2.45) is 0 Å². The average Bonchev–Trinajstić information content (AvgIpc) is 2.60. The normalized spacial score (nSPS) is 9.88. The van der Waals surface area contributed by atoms with Crippen molar-refractivity contribution in [3.63, 3.8) is 0 Å². The lowest BCUT2D eigenvalue weighted by Crippen LogP contribution is -2.28. The fourth-order valence-electron chi connectivity index (χ4n) is 1.97. The molecule has 1 aromatic heterocycles. The molecule has 0 unspecified atom stereocenters. The van der Waals surface area contributed by atoms with Crippen LogP contribution in [-0.2, 0) is 20.9 Å². The molecular formula is C17H17N3O4. The third-order valence-corrected chi connectivity index (χ3v) is 3.12.